The van der Waals surface area contributed by atoms with Gasteiger partial charge >= 0.3 is 0 Å². The second kappa shape index (κ2) is 9.17. The first-order valence-electron chi connectivity index (χ1n) is 11.5. The number of rotatable bonds is 4. The molecule has 1 atom stereocenters. The summed E-state index contributed by atoms with van der Waals surface area (Å²) in [6, 6.07) is 8.20. The van der Waals surface area contributed by atoms with Crippen LogP contribution in [-0.4, -0.2) is 53.1 Å². The molecule has 2 aliphatic heterocycles. The summed E-state index contributed by atoms with van der Waals surface area (Å²) in [4.78, 5) is 23.2. The quantitative estimate of drug-likeness (QED) is 0.393. The number of nitrogens with one attached hydrogen (secondary N) is 2. The Labute approximate surface area is 213 Å². The van der Waals surface area contributed by atoms with E-state index in [-0.39, 0.29) is 27.6 Å². The molecule has 3 heterocycles. The molecule has 1 unspecified atom stereocenters. The second-order valence-electron chi connectivity index (χ2n) is 9.62. The van der Waals surface area contributed by atoms with Crippen molar-refractivity contribution in [3.63, 3.8) is 0 Å². The molecular weight excluding hydrogens is 481 g/mol. The smallest absolute Gasteiger partial charge is 0.247 e. The summed E-state index contributed by atoms with van der Waals surface area (Å²) in [5, 5.41) is 6.39. The molecule has 0 saturated carbocycles. The summed E-state index contributed by atoms with van der Waals surface area (Å²) in [7, 11) is 2.11. The minimum atomic E-state index is -0.585. The van der Waals surface area contributed by atoms with Gasteiger partial charge in [-0.15, -0.1) is 0 Å². The first-order valence-corrected chi connectivity index (χ1v) is 11.9. The third kappa shape index (κ3) is 4.42. The maximum Gasteiger partial charge on any atom is 0.247 e. The molecule has 1 amide bonds. The summed E-state index contributed by atoms with van der Waals surface area (Å²) in [5.41, 5.74) is 1.70. The van der Waals surface area contributed by atoms with Crippen LogP contribution in [0.4, 0.5) is 21.6 Å². The van der Waals surface area contributed by atoms with Crippen molar-refractivity contribution in [3.8, 4) is 11.8 Å². The lowest BCUT2D eigenvalue weighted by molar-refractivity contribution is -0.115. The highest BCUT2D eigenvalue weighted by atomic mass is 35.5. The van der Waals surface area contributed by atoms with Gasteiger partial charge in [-0.1, -0.05) is 36.1 Å². The van der Waals surface area contributed by atoms with E-state index in [0.717, 1.165) is 26.2 Å². The number of aromatic nitrogens is 2. The number of nitrogens with zero attached hydrogens (tertiary/aromatic N) is 3. The van der Waals surface area contributed by atoms with Gasteiger partial charge in [0.15, 0.2) is 5.82 Å². The molecule has 184 valence electrons. The number of ether oxygens (including phenoxy) is 1. The molecule has 1 spiro atoms. The molecule has 3 aromatic rings. The van der Waals surface area contributed by atoms with Gasteiger partial charge in [0.25, 0.3) is 0 Å². The third-order valence-corrected chi connectivity index (χ3v) is 7.07. The number of halogens is 2. The fourth-order valence-corrected chi connectivity index (χ4v) is 5.07. The van der Waals surface area contributed by atoms with Crippen LogP contribution in [0.3, 0.4) is 0 Å². The molecule has 2 aliphatic rings. The molecule has 7 nitrogen and oxygen atoms in total. The first-order chi connectivity index (χ1) is 17.2. The van der Waals surface area contributed by atoms with E-state index in [9.17, 15) is 9.18 Å². The number of hydrogen-bond acceptors (Lipinski definition) is 6. The van der Waals surface area contributed by atoms with Gasteiger partial charge in [-0.05, 0) is 50.7 Å². The molecule has 36 heavy (non-hydrogen) atoms. The second-order valence-corrected chi connectivity index (χ2v) is 10.0. The lowest BCUT2D eigenvalue weighted by atomic mass is 9.81. The fraction of sp³-hybridized carbons (Fsp3) is 0.296. The van der Waals surface area contributed by atoms with Gasteiger partial charge in [0, 0.05) is 17.3 Å². The molecule has 5 rings (SSSR count). The van der Waals surface area contributed by atoms with E-state index in [4.69, 9.17) is 16.3 Å². The zero-order valence-corrected chi connectivity index (χ0v) is 20.7. The van der Waals surface area contributed by atoms with Crippen LogP contribution in [0.25, 0.3) is 10.9 Å². The number of amides is 1. The van der Waals surface area contributed by atoms with Crippen molar-refractivity contribution in [1.29, 1.82) is 0 Å². The van der Waals surface area contributed by atoms with Gasteiger partial charge in [0.05, 0.1) is 46.2 Å². The average molecular weight is 506 g/mol. The Bertz CT molecular complexity index is 1450. The van der Waals surface area contributed by atoms with Gasteiger partial charge in [-0.3, -0.25) is 9.69 Å². The standard InChI is InChI=1S/C27H25ClFN5O2/c1-4-23(35)32-21-11-18-22(30-16-31-25(18)33-20-7-5-6-19(28)24(20)29)10-17(21)8-9-26(2)12-27(14-36-15-27)34(3)13-26/h4-7,10-11,16H,1,12-15H2,2-3H3,(H,32,35)(H,30,31,33). The molecule has 2 fully saturated rings. The van der Waals surface area contributed by atoms with Crippen LogP contribution < -0.4 is 10.6 Å². The number of carbonyl (C=O) groups excluding carboxylic acids is 1. The van der Waals surface area contributed by atoms with Crippen molar-refractivity contribution < 1.29 is 13.9 Å². The average Bonchev–Trinajstić information content (AvgIpc) is 3.12. The van der Waals surface area contributed by atoms with Crippen molar-refractivity contribution in [2.75, 3.05) is 37.4 Å². The fourth-order valence-electron chi connectivity index (χ4n) is 4.89. The maximum absolute atomic E-state index is 14.5. The van der Waals surface area contributed by atoms with Crippen molar-refractivity contribution in [2.24, 2.45) is 5.41 Å². The first kappa shape index (κ1) is 24.2. The van der Waals surface area contributed by atoms with E-state index in [1.54, 1.807) is 24.3 Å². The molecule has 0 bridgehead atoms. The van der Waals surface area contributed by atoms with E-state index in [1.807, 2.05) is 0 Å². The molecule has 1 aromatic heterocycles. The van der Waals surface area contributed by atoms with Crippen molar-refractivity contribution >= 4 is 45.6 Å². The number of hydrogen-bond donors (Lipinski definition) is 2. The molecule has 0 aliphatic carbocycles. The summed E-state index contributed by atoms with van der Waals surface area (Å²) in [6.45, 7) is 7.96. The maximum atomic E-state index is 14.5. The minimum Gasteiger partial charge on any atom is -0.377 e. The van der Waals surface area contributed by atoms with Crippen molar-refractivity contribution in [3.05, 3.63) is 65.7 Å². The lowest BCUT2D eigenvalue weighted by Crippen LogP contribution is -2.57. The Morgan fingerprint density at radius 2 is 2.11 bits per heavy atom. The van der Waals surface area contributed by atoms with Crippen LogP contribution in [0.2, 0.25) is 5.02 Å². The predicted molar refractivity (Wildman–Crippen MR) is 139 cm³/mol. The molecule has 2 N–H and O–H groups in total. The van der Waals surface area contributed by atoms with E-state index >= 15 is 0 Å². The summed E-state index contributed by atoms with van der Waals surface area (Å²) < 4.78 is 20.0. The molecule has 9 heteroatoms. The number of likely N-dealkylation sites (tertiary alicyclic amines) is 1. The Balaban J connectivity index is 1.55. The van der Waals surface area contributed by atoms with Crippen LogP contribution >= 0.6 is 11.6 Å². The number of benzene rings is 2. The SMILES string of the molecule is C=CC(=O)Nc1cc2c(Nc3cccc(Cl)c3F)ncnc2cc1C#CC1(C)CN(C)C2(COC2)C1. The van der Waals surface area contributed by atoms with E-state index in [0.29, 0.717) is 28.0 Å². The van der Waals surface area contributed by atoms with Gasteiger partial charge in [-0.25, -0.2) is 14.4 Å². The molecule has 2 saturated heterocycles. The number of likely N-dealkylation sites (N-methyl/N-ethyl adjacent to an activating group) is 1. The van der Waals surface area contributed by atoms with Crippen LogP contribution in [0.15, 0.2) is 49.3 Å². The lowest BCUT2D eigenvalue weighted by Gasteiger charge is -2.43. The van der Waals surface area contributed by atoms with Gasteiger partial charge in [0.1, 0.15) is 12.1 Å². The summed E-state index contributed by atoms with van der Waals surface area (Å²) in [5.74, 6) is 6.14. The van der Waals surface area contributed by atoms with Gasteiger partial charge in [0.2, 0.25) is 5.91 Å². The monoisotopic (exact) mass is 505 g/mol. The van der Waals surface area contributed by atoms with Gasteiger partial charge < -0.3 is 15.4 Å². The number of anilines is 3. The van der Waals surface area contributed by atoms with E-state index < -0.39 is 5.82 Å². The zero-order chi connectivity index (χ0) is 25.5. The largest absolute Gasteiger partial charge is 0.377 e. The third-order valence-electron chi connectivity index (χ3n) is 6.78. The number of fused-ring (bicyclic) bond motifs is 1. The van der Waals surface area contributed by atoms with Crippen LogP contribution in [0, 0.1) is 23.1 Å². The van der Waals surface area contributed by atoms with E-state index in [1.165, 1.54) is 18.5 Å². The molecular formula is C27H25ClFN5O2. The molecule has 2 aromatic carbocycles. The van der Waals surface area contributed by atoms with Gasteiger partial charge in [-0.2, -0.15) is 0 Å². The Kier molecular flexibility index (Phi) is 6.17. The highest BCUT2D eigenvalue weighted by molar-refractivity contribution is 6.31. The Hall–Kier alpha value is -3.51. The van der Waals surface area contributed by atoms with Crippen molar-refractivity contribution in [2.45, 2.75) is 18.9 Å². The van der Waals surface area contributed by atoms with Crippen LogP contribution in [0.5, 0.6) is 0 Å². The molecule has 0 radical (unpaired) electrons. The van der Waals surface area contributed by atoms with E-state index in [2.05, 4.69) is 57.9 Å². The van der Waals surface area contributed by atoms with Crippen LogP contribution in [0.1, 0.15) is 18.9 Å². The normalized spacial score (nSPS) is 20.4. The minimum absolute atomic E-state index is 0.00356. The highest BCUT2D eigenvalue weighted by Crippen LogP contribution is 2.44. The Morgan fingerprint density at radius 1 is 1.31 bits per heavy atom. The predicted octanol–water partition coefficient (Wildman–Crippen LogP) is 4.75. The van der Waals surface area contributed by atoms with Crippen LogP contribution in [-0.2, 0) is 9.53 Å². The highest BCUT2D eigenvalue weighted by Gasteiger charge is 2.53. The topological polar surface area (TPSA) is 79.4 Å². The number of carbonyl (C=O) groups is 1. The summed E-state index contributed by atoms with van der Waals surface area (Å²) in [6.07, 6.45) is 3.49. The zero-order valence-electron chi connectivity index (χ0n) is 20.0. The van der Waals surface area contributed by atoms with Crippen molar-refractivity contribution in [1.82, 2.24) is 14.9 Å². The summed E-state index contributed by atoms with van der Waals surface area (Å²) >= 11 is 5.93. The Morgan fingerprint density at radius 3 is 2.81 bits per heavy atom.